The molecule has 1 aromatic carbocycles. The van der Waals surface area contributed by atoms with Crippen molar-refractivity contribution in [3.63, 3.8) is 0 Å². The Bertz CT molecular complexity index is 585. The van der Waals surface area contributed by atoms with Gasteiger partial charge in [-0.3, -0.25) is 0 Å². The first-order chi connectivity index (χ1) is 9.10. The summed E-state index contributed by atoms with van der Waals surface area (Å²) >= 11 is 0. The monoisotopic (exact) mass is 263 g/mol. The molecule has 1 N–H and O–H groups in total. The number of hydrogen-bond acceptors (Lipinski definition) is 3. The smallest absolute Gasteiger partial charge is 0.159 e. The Labute approximate surface area is 110 Å². The standard InChI is InChI=1S/C14H15F2N3/c1-3-17-8-11-6-9(2)18-14(19-11)10-4-5-12(15)13(16)7-10/h4-7,17H,3,8H2,1-2H3. The van der Waals surface area contributed by atoms with E-state index in [9.17, 15) is 8.78 Å². The second-order valence-electron chi connectivity index (χ2n) is 4.23. The van der Waals surface area contributed by atoms with Gasteiger partial charge in [0.05, 0.1) is 5.69 Å². The quantitative estimate of drug-likeness (QED) is 0.921. The van der Waals surface area contributed by atoms with Gasteiger partial charge >= 0.3 is 0 Å². The molecular formula is C14H15F2N3. The molecule has 0 aliphatic heterocycles. The molecule has 0 radical (unpaired) electrons. The maximum absolute atomic E-state index is 13.2. The minimum Gasteiger partial charge on any atom is -0.311 e. The van der Waals surface area contributed by atoms with E-state index in [1.807, 2.05) is 19.9 Å². The van der Waals surface area contributed by atoms with Crippen LogP contribution in [0.5, 0.6) is 0 Å². The molecule has 19 heavy (non-hydrogen) atoms. The van der Waals surface area contributed by atoms with Gasteiger partial charge in [-0.15, -0.1) is 0 Å². The van der Waals surface area contributed by atoms with Gasteiger partial charge in [-0.1, -0.05) is 6.92 Å². The lowest BCUT2D eigenvalue weighted by Crippen LogP contribution is -2.13. The van der Waals surface area contributed by atoms with Crippen LogP contribution in [0.3, 0.4) is 0 Å². The first kappa shape index (κ1) is 13.5. The number of nitrogens with one attached hydrogen (secondary N) is 1. The number of benzene rings is 1. The van der Waals surface area contributed by atoms with Crippen LogP contribution in [-0.4, -0.2) is 16.5 Å². The molecule has 100 valence electrons. The molecule has 0 aliphatic rings. The van der Waals surface area contributed by atoms with Crippen molar-refractivity contribution in [3.05, 3.63) is 47.3 Å². The van der Waals surface area contributed by atoms with E-state index in [4.69, 9.17) is 0 Å². The zero-order valence-corrected chi connectivity index (χ0v) is 10.9. The zero-order chi connectivity index (χ0) is 13.8. The van der Waals surface area contributed by atoms with E-state index in [0.29, 0.717) is 17.9 Å². The summed E-state index contributed by atoms with van der Waals surface area (Å²) in [4.78, 5) is 8.60. The van der Waals surface area contributed by atoms with Crippen LogP contribution in [-0.2, 0) is 6.54 Å². The largest absolute Gasteiger partial charge is 0.311 e. The number of aryl methyl sites for hydroxylation is 1. The second-order valence-corrected chi connectivity index (χ2v) is 4.23. The SMILES string of the molecule is CCNCc1cc(C)nc(-c2ccc(F)c(F)c2)n1. The Balaban J connectivity index is 2.37. The first-order valence-electron chi connectivity index (χ1n) is 6.11. The highest BCUT2D eigenvalue weighted by Crippen LogP contribution is 2.18. The van der Waals surface area contributed by atoms with Crippen molar-refractivity contribution in [1.82, 2.24) is 15.3 Å². The molecule has 2 rings (SSSR count). The fraction of sp³-hybridized carbons (Fsp3) is 0.286. The van der Waals surface area contributed by atoms with Crippen molar-refractivity contribution in [3.8, 4) is 11.4 Å². The highest BCUT2D eigenvalue weighted by atomic mass is 19.2. The van der Waals surface area contributed by atoms with Crippen molar-refractivity contribution in [2.24, 2.45) is 0 Å². The third-order valence-electron chi connectivity index (χ3n) is 2.64. The van der Waals surface area contributed by atoms with E-state index in [1.165, 1.54) is 6.07 Å². The number of nitrogens with zero attached hydrogens (tertiary/aromatic N) is 2. The minimum absolute atomic E-state index is 0.409. The predicted molar refractivity (Wildman–Crippen MR) is 69.5 cm³/mol. The molecule has 1 heterocycles. The van der Waals surface area contributed by atoms with E-state index >= 15 is 0 Å². The average Bonchev–Trinajstić information content (AvgIpc) is 2.39. The lowest BCUT2D eigenvalue weighted by Gasteiger charge is -2.07. The summed E-state index contributed by atoms with van der Waals surface area (Å²) in [7, 11) is 0. The van der Waals surface area contributed by atoms with Crippen molar-refractivity contribution in [2.75, 3.05) is 6.54 Å². The van der Waals surface area contributed by atoms with Gasteiger partial charge in [0.1, 0.15) is 0 Å². The molecule has 0 spiro atoms. The highest BCUT2D eigenvalue weighted by molar-refractivity contribution is 5.55. The molecule has 0 aliphatic carbocycles. The van der Waals surface area contributed by atoms with E-state index in [1.54, 1.807) is 0 Å². The van der Waals surface area contributed by atoms with Gasteiger partial charge < -0.3 is 5.32 Å². The average molecular weight is 263 g/mol. The summed E-state index contributed by atoms with van der Waals surface area (Å²) < 4.78 is 26.1. The Kier molecular flexibility index (Phi) is 4.16. The number of aromatic nitrogens is 2. The molecule has 0 amide bonds. The van der Waals surface area contributed by atoms with Crippen molar-refractivity contribution < 1.29 is 8.78 Å². The summed E-state index contributed by atoms with van der Waals surface area (Å²) in [5.74, 6) is -1.35. The molecule has 1 aromatic heterocycles. The molecule has 0 unspecified atom stereocenters. The molecule has 5 heteroatoms. The van der Waals surface area contributed by atoms with Crippen molar-refractivity contribution in [2.45, 2.75) is 20.4 Å². The Morgan fingerprint density at radius 1 is 1.11 bits per heavy atom. The molecule has 0 bridgehead atoms. The maximum Gasteiger partial charge on any atom is 0.159 e. The van der Waals surface area contributed by atoms with E-state index in [0.717, 1.165) is 30.1 Å². The van der Waals surface area contributed by atoms with Crippen LogP contribution in [0, 0.1) is 18.6 Å². The van der Waals surface area contributed by atoms with Gasteiger partial charge in [-0.25, -0.2) is 18.7 Å². The lowest BCUT2D eigenvalue weighted by atomic mass is 10.2. The lowest BCUT2D eigenvalue weighted by molar-refractivity contribution is 0.509. The van der Waals surface area contributed by atoms with Gasteiger partial charge in [0.2, 0.25) is 0 Å². The summed E-state index contributed by atoms with van der Waals surface area (Å²) in [6.45, 7) is 5.31. The van der Waals surface area contributed by atoms with E-state index in [-0.39, 0.29) is 0 Å². The van der Waals surface area contributed by atoms with E-state index in [2.05, 4.69) is 15.3 Å². The van der Waals surface area contributed by atoms with E-state index < -0.39 is 11.6 Å². The normalized spacial score (nSPS) is 10.7. The zero-order valence-electron chi connectivity index (χ0n) is 10.9. The first-order valence-corrected chi connectivity index (χ1v) is 6.11. The highest BCUT2D eigenvalue weighted by Gasteiger charge is 2.08. The summed E-state index contributed by atoms with van der Waals surface area (Å²) in [5.41, 5.74) is 2.09. The van der Waals surface area contributed by atoms with Crippen molar-refractivity contribution >= 4 is 0 Å². The maximum atomic E-state index is 13.2. The number of hydrogen-bond donors (Lipinski definition) is 1. The van der Waals surface area contributed by atoms with Crippen LogP contribution in [0.15, 0.2) is 24.3 Å². The van der Waals surface area contributed by atoms with Crippen LogP contribution >= 0.6 is 0 Å². The minimum atomic E-state index is -0.893. The van der Waals surface area contributed by atoms with Crippen molar-refractivity contribution in [1.29, 1.82) is 0 Å². The van der Waals surface area contributed by atoms with Crippen LogP contribution in [0.25, 0.3) is 11.4 Å². The van der Waals surface area contributed by atoms with Crippen LogP contribution in [0.2, 0.25) is 0 Å². The van der Waals surface area contributed by atoms with Gasteiger partial charge in [0.25, 0.3) is 0 Å². The Hall–Kier alpha value is -1.88. The van der Waals surface area contributed by atoms with Crippen LogP contribution in [0.1, 0.15) is 18.3 Å². The summed E-state index contributed by atoms with van der Waals surface area (Å²) in [6.07, 6.45) is 0. The summed E-state index contributed by atoms with van der Waals surface area (Å²) in [5, 5.41) is 3.17. The van der Waals surface area contributed by atoms with Gasteiger partial charge in [0.15, 0.2) is 17.5 Å². The third-order valence-corrected chi connectivity index (χ3v) is 2.64. The fourth-order valence-corrected chi connectivity index (χ4v) is 1.74. The third kappa shape index (κ3) is 3.32. The molecule has 0 atom stereocenters. The summed E-state index contributed by atoms with van der Waals surface area (Å²) in [6, 6.07) is 5.54. The molecule has 0 saturated heterocycles. The van der Waals surface area contributed by atoms with Gasteiger partial charge in [-0.2, -0.15) is 0 Å². The van der Waals surface area contributed by atoms with Gasteiger partial charge in [0, 0.05) is 17.8 Å². The van der Waals surface area contributed by atoms with Crippen LogP contribution in [0.4, 0.5) is 8.78 Å². The topological polar surface area (TPSA) is 37.8 Å². The van der Waals surface area contributed by atoms with Crippen LogP contribution < -0.4 is 5.32 Å². The van der Waals surface area contributed by atoms with Gasteiger partial charge in [-0.05, 0) is 37.7 Å². The fourth-order valence-electron chi connectivity index (χ4n) is 1.74. The molecule has 0 fully saturated rings. The molecule has 3 nitrogen and oxygen atoms in total. The molecule has 0 saturated carbocycles. The Morgan fingerprint density at radius 2 is 1.89 bits per heavy atom. The predicted octanol–water partition coefficient (Wildman–Crippen LogP) is 2.84. The number of rotatable bonds is 4. The molecule has 2 aromatic rings. The second kappa shape index (κ2) is 5.84. The Morgan fingerprint density at radius 3 is 2.58 bits per heavy atom. The number of halogens is 2. The molecular weight excluding hydrogens is 248 g/mol.